The van der Waals surface area contributed by atoms with Gasteiger partial charge in [0.05, 0.1) is 19.6 Å². The monoisotopic (exact) mass is 378 g/mol. The molecule has 4 rings (SSSR count). The van der Waals surface area contributed by atoms with Crippen molar-refractivity contribution >= 4 is 22.6 Å². The molecule has 1 aliphatic heterocycles. The van der Waals surface area contributed by atoms with Gasteiger partial charge in [0.25, 0.3) is 5.56 Å². The van der Waals surface area contributed by atoms with Gasteiger partial charge >= 0.3 is 0 Å². The SMILES string of the molecule is O=C(Cc1cc2ccccc2[nH]c1=O)NCc1ccnc(N2CCOCC2)c1. The van der Waals surface area contributed by atoms with Crippen LogP contribution in [0.1, 0.15) is 11.1 Å². The molecule has 3 heterocycles. The maximum absolute atomic E-state index is 12.4. The van der Waals surface area contributed by atoms with Crippen LogP contribution in [-0.2, 0) is 22.5 Å². The number of fused-ring (bicyclic) bond motifs is 1. The summed E-state index contributed by atoms with van der Waals surface area (Å²) < 4.78 is 5.37. The van der Waals surface area contributed by atoms with Crippen LogP contribution in [0.25, 0.3) is 10.9 Å². The van der Waals surface area contributed by atoms with Crippen molar-refractivity contribution in [1.82, 2.24) is 15.3 Å². The molecule has 0 aliphatic carbocycles. The van der Waals surface area contributed by atoms with E-state index in [2.05, 4.69) is 20.2 Å². The number of aromatic nitrogens is 2. The number of H-pyrrole nitrogens is 1. The third kappa shape index (κ3) is 4.20. The van der Waals surface area contributed by atoms with Crippen LogP contribution in [0.5, 0.6) is 0 Å². The number of ether oxygens (including phenoxy) is 1. The smallest absolute Gasteiger partial charge is 0.252 e. The molecule has 7 nitrogen and oxygen atoms in total. The molecule has 0 unspecified atom stereocenters. The second-order valence-corrected chi connectivity index (χ2v) is 6.79. The molecule has 2 N–H and O–H groups in total. The van der Waals surface area contributed by atoms with E-state index in [1.165, 1.54) is 0 Å². The standard InChI is InChI=1S/C21H22N4O3/c26-20(13-17-12-16-3-1-2-4-18(16)24-21(17)27)23-14-15-5-6-22-19(11-15)25-7-9-28-10-8-25/h1-6,11-12H,7-10,13-14H2,(H,23,26)(H,24,27). The average molecular weight is 378 g/mol. The second-order valence-electron chi connectivity index (χ2n) is 6.79. The summed E-state index contributed by atoms with van der Waals surface area (Å²) in [7, 11) is 0. The number of benzene rings is 1. The molecule has 0 radical (unpaired) electrons. The maximum atomic E-state index is 12.4. The Morgan fingerprint density at radius 1 is 1.18 bits per heavy atom. The molecule has 144 valence electrons. The number of rotatable bonds is 5. The third-order valence-electron chi connectivity index (χ3n) is 4.82. The fourth-order valence-electron chi connectivity index (χ4n) is 3.30. The molecule has 1 saturated heterocycles. The molecule has 1 fully saturated rings. The molecule has 1 amide bonds. The average Bonchev–Trinajstić information content (AvgIpc) is 2.74. The molecule has 1 aromatic carbocycles. The van der Waals surface area contributed by atoms with E-state index < -0.39 is 0 Å². The van der Waals surface area contributed by atoms with Crippen LogP contribution >= 0.6 is 0 Å². The number of para-hydroxylation sites is 1. The third-order valence-corrected chi connectivity index (χ3v) is 4.82. The number of amides is 1. The predicted molar refractivity (Wildman–Crippen MR) is 107 cm³/mol. The van der Waals surface area contributed by atoms with Gasteiger partial charge in [0.2, 0.25) is 5.91 Å². The van der Waals surface area contributed by atoms with E-state index in [4.69, 9.17) is 4.74 Å². The lowest BCUT2D eigenvalue weighted by atomic mass is 10.1. The second kappa shape index (κ2) is 8.22. The molecule has 3 aromatic rings. The van der Waals surface area contributed by atoms with Gasteiger partial charge in [-0.15, -0.1) is 0 Å². The first-order chi connectivity index (χ1) is 13.7. The Morgan fingerprint density at radius 3 is 2.86 bits per heavy atom. The topological polar surface area (TPSA) is 87.3 Å². The lowest BCUT2D eigenvalue weighted by Gasteiger charge is -2.28. The van der Waals surface area contributed by atoms with Crippen molar-refractivity contribution in [2.75, 3.05) is 31.2 Å². The van der Waals surface area contributed by atoms with Gasteiger partial charge in [0, 0.05) is 36.9 Å². The van der Waals surface area contributed by atoms with Gasteiger partial charge in [-0.2, -0.15) is 0 Å². The minimum atomic E-state index is -0.229. The molecular weight excluding hydrogens is 356 g/mol. The summed E-state index contributed by atoms with van der Waals surface area (Å²) in [5, 5.41) is 3.80. The van der Waals surface area contributed by atoms with Gasteiger partial charge < -0.3 is 19.9 Å². The molecule has 2 aromatic heterocycles. The van der Waals surface area contributed by atoms with Crippen molar-refractivity contribution in [3.05, 3.63) is 70.1 Å². The number of anilines is 1. The normalized spacial score (nSPS) is 14.2. The summed E-state index contributed by atoms with van der Waals surface area (Å²) in [6, 6.07) is 13.2. The van der Waals surface area contributed by atoms with E-state index in [9.17, 15) is 9.59 Å². The van der Waals surface area contributed by atoms with Gasteiger partial charge in [-0.25, -0.2) is 4.98 Å². The van der Waals surface area contributed by atoms with Crippen molar-refractivity contribution < 1.29 is 9.53 Å². The Bertz CT molecular complexity index is 1040. The molecule has 1 aliphatic rings. The van der Waals surface area contributed by atoms with Crippen LogP contribution in [0.4, 0.5) is 5.82 Å². The number of hydrogen-bond donors (Lipinski definition) is 2. The molecular formula is C21H22N4O3. The van der Waals surface area contributed by atoms with Crippen molar-refractivity contribution in [1.29, 1.82) is 0 Å². The Hall–Kier alpha value is -3.19. The summed E-state index contributed by atoms with van der Waals surface area (Å²) in [6.07, 6.45) is 1.79. The number of nitrogens with zero attached hydrogens (tertiary/aromatic N) is 2. The number of carbonyl (C=O) groups is 1. The summed E-state index contributed by atoms with van der Waals surface area (Å²) in [4.78, 5) is 34.0. The highest BCUT2D eigenvalue weighted by Crippen LogP contribution is 2.14. The van der Waals surface area contributed by atoms with Crippen molar-refractivity contribution in [2.45, 2.75) is 13.0 Å². The van der Waals surface area contributed by atoms with Gasteiger partial charge in [0.15, 0.2) is 0 Å². The number of carbonyl (C=O) groups excluding carboxylic acids is 1. The van der Waals surface area contributed by atoms with E-state index in [1.807, 2.05) is 36.4 Å². The van der Waals surface area contributed by atoms with E-state index in [1.54, 1.807) is 12.3 Å². The molecule has 0 atom stereocenters. The highest BCUT2D eigenvalue weighted by atomic mass is 16.5. The molecule has 0 saturated carbocycles. The van der Waals surface area contributed by atoms with Gasteiger partial charge in [-0.1, -0.05) is 18.2 Å². The summed E-state index contributed by atoms with van der Waals surface area (Å²) in [5.74, 6) is 0.700. The first-order valence-corrected chi connectivity index (χ1v) is 9.34. The summed E-state index contributed by atoms with van der Waals surface area (Å²) in [5.41, 5.74) is 1.97. The van der Waals surface area contributed by atoms with Crippen molar-refractivity contribution in [3.63, 3.8) is 0 Å². The van der Waals surface area contributed by atoms with Crippen LogP contribution in [0, 0.1) is 0 Å². The number of pyridine rings is 2. The van der Waals surface area contributed by atoms with E-state index >= 15 is 0 Å². The van der Waals surface area contributed by atoms with Gasteiger partial charge in [-0.05, 0) is 35.2 Å². The molecule has 0 bridgehead atoms. The van der Waals surface area contributed by atoms with Crippen LogP contribution < -0.4 is 15.8 Å². The highest BCUT2D eigenvalue weighted by Gasteiger charge is 2.13. The lowest BCUT2D eigenvalue weighted by Crippen LogP contribution is -2.36. The molecule has 7 heteroatoms. The van der Waals surface area contributed by atoms with Gasteiger partial charge in [0.1, 0.15) is 5.82 Å². The fraction of sp³-hybridized carbons (Fsp3) is 0.286. The fourth-order valence-corrected chi connectivity index (χ4v) is 3.30. The minimum absolute atomic E-state index is 0.0432. The molecule has 0 spiro atoms. The lowest BCUT2D eigenvalue weighted by molar-refractivity contribution is -0.120. The van der Waals surface area contributed by atoms with Crippen LogP contribution in [0.2, 0.25) is 0 Å². The minimum Gasteiger partial charge on any atom is -0.378 e. The zero-order valence-corrected chi connectivity index (χ0v) is 15.5. The Kier molecular flexibility index (Phi) is 5.34. The van der Waals surface area contributed by atoms with Crippen LogP contribution in [0.15, 0.2) is 53.5 Å². The zero-order chi connectivity index (χ0) is 19.3. The Balaban J connectivity index is 1.39. The highest BCUT2D eigenvalue weighted by molar-refractivity contribution is 5.82. The first-order valence-electron chi connectivity index (χ1n) is 9.34. The summed E-state index contributed by atoms with van der Waals surface area (Å²) >= 11 is 0. The van der Waals surface area contributed by atoms with Crippen molar-refractivity contribution in [2.24, 2.45) is 0 Å². The van der Waals surface area contributed by atoms with Crippen LogP contribution in [0.3, 0.4) is 0 Å². The number of nitrogens with one attached hydrogen (secondary N) is 2. The largest absolute Gasteiger partial charge is 0.378 e. The Labute approximate surface area is 162 Å². The van der Waals surface area contributed by atoms with E-state index in [-0.39, 0.29) is 17.9 Å². The summed E-state index contributed by atoms with van der Waals surface area (Å²) in [6.45, 7) is 3.41. The number of morpholine rings is 1. The van der Waals surface area contributed by atoms with Gasteiger partial charge in [-0.3, -0.25) is 9.59 Å². The van der Waals surface area contributed by atoms with E-state index in [0.717, 1.165) is 35.4 Å². The Morgan fingerprint density at radius 2 is 2.00 bits per heavy atom. The predicted octanol–water partition coefficient (Wildman–Crippen LogP) is 1.62. The number of hydrogen-bond acceptors (Lipinski definition) is 5. The van der Waals surface area contributed by atoms with Crippen LogP contribution in [-0.4, -0.2) is 42.2 Å². The van der Waals surface area contributed by atoms with E-state index in [0.29, 0.717) is 25.3 Å². The maximum Gasteiger partial charge on any atom is 0.252 e. The quantitative estimate of drug-likeness (QED) is 0.705. The zero-order valence-electron chi connectivity index (χ0n) is 15.5. The number of aromatic amines is 1. The first kappa shape index (κ1) is 18.2. The van der Waals surface area contributed by atoms with Crippen molar-refractivity contribution in [3.8, 4) is 0 Å². The molecule has 28 heavy (non-hydrogen) atoms.